The highest BCUT2D eigenvalue weighted by Gasteiger charge is 2.19. The Kier molecular flexibility index (Phi) is 5.23. The van der Waals surface area contributed by atoms with E-state index in [1.165, 1.54) is 0 Å². The van der Waals surface area contributed by atoms with Gasteiger partial charge < -0.3 is 10.1 Å². The van der Waals surface area contributed by atoms with Crippen molar-refractivity contribution >= 4 is 29.2 Å². The lowest BCUT2D eigenvalue weighted by atomic mass is 10.1. The average Bonchev–Trinajstić information content (AvgIpc) is 2.39. The van der Waals surface area contributed by atoms with Gasteiger partial charge in [0.1, 0.15) is 11.6 Å². The van der Waals surface area contributed by atoms with Crippen molar-refractivity contribution in [1.82, 2.24) is 0 Å². The van der Waals surface area contributed by atoms with Crippen molar-refractivity contribution in [3.8, 4) is 0 Å². The molecule has 19 heavy (non-hydrogen) atoms. The summed E-state index contributed by atoms with van der Waals surface area (Å²) in [5.41, 5.74) is -0.763. The zero-order valence-corrected chi connectivity index (χ0v) is 11.1. The van der Waals surface area contributed by atoms with Crippen LogP contribution in [0, 0.1) is 17.6 Å². The first-order valence-corrected chi connectivity index (χ1v) is 5.88. The number of carbonyl (C=O) groups is 2. The van der Waals surface area contributed by atoms with Crippen molar-refractivity contribution in [3.63, 3.8) is 0 Å². The molecule has 0 aliphatic heterocycles. The van der Waals surface area contributed by atoms with Crippen molar-refractivity contribution < 1.29 is 23.1 Å². The van der Waals surface area contributed by atoms with Gasteiger partial charge in [-0.25, -0.2) is 13.6 Å². The summed E-state index contributed by atoms with van der Waals surface area (Å²) in [5, 5.41) is 2.23. The van der Waals surface area contributed by atoms with Crippen LogP contribution in [0.1, 0.15) is 17.3 Å². The van der Waals surface area contributed by atoms with E-state index in [9.17, 15) is 18.4 Å². The highest BCUT2D eigenvalue weighted by atomic mass is 35.5. The highest BCUT2D eigenvalue weighted by Crippen LogP contribution is 2.21. The summed E-state index contributed by atoms with van der Waals surface area (Å²) in [6.45, 7) is 1.55. The molecule has 1 aromatic rings. The molecule has 0 aromatic heterocycles. The molecule has 0 saturated heterocycles. The van der Waals surface area contributed by atoms with E-state index in [4.69, 9.17) is 11.6 Å². The number of anilines is 1. The number of halogens is 3. The second kappa shape index (κ2) is 6.47. The van der Waals surface area contributed by atoms with Gasteiger partial charge in [-0.05, 0) is 6.07 Å². The number of rotatable bonds is 4. The van der Waals surface area contributed by atoms with Crippen LogP contribution in [0.3, 0.4) is 0 Å². The molecule has 0 radical (unpaired) electrons. The number of esters is 1. The van der Waals surface area contributed by atoms with Crippen LogP contribution in [0.5, 0.6) is 0 Å². The van der Waals surface area contributed by atoms with Crippen LogP contribution < -0.4 is 5.32 Å². The second-order valence-electron chi connectivity index (χ2n) is 3.85. The molecule has 0 aliphatic rings. The molecule has 1 N–H and O–H groups in total. The summed E-state index contributed by atoms with van der Waals surface area (Å²) >= 11 is 5.49. The fourth-order valence-corrected chi connectivity index (χ4v) is 1.38. The maximum Gasteiger partial charge on any atom is 0.340 e. The number of hydrogen-bond donors (Lipinski definition) is 1. The molecule has 1 aromatic carbocycles. The smallest absolute Gasteiger partial charge is 0.340 e. The van der Waals surface area contributed by atoms with Crippen LogP contribution in [-0.2, 0) is 9.53 Å². The normalized spacial score (nSPS) is 11.8. The molecule has 0 bridgehead atoms. The van der Waals surface area contributed by atoms with E-state index in [1.54, 1.807) is 6.92 Å². The Bertz CT molecular complexity index is 508. The Morgan fingerprint density at radius 1 is 1.37 bits per heavy atom. The summed E-state index contributed by atoms with van der Waals surface area (Å²) < 4.78 is 31.2. The van der Waals surface area contributed by atoms with E-state index in [1.807, 2.05) is 0 Å². The van der Waals surface area contributed by atoms with Crippen LogP contribution in [0.15, 0.2) is 12.1 Å². The lowest BCUT2D eigenvalue weighted by Crippen LogP contribution is -2.22. The van der Waals surface area contributed by atoms with Crippen molar-refractivity contribution in [2.45, 2.75) is 6.92 Å². The molecular weight excluding hydrogens is 280 g/mol. The van der Waals surface area contributed by atoms with E-state index in [0.29, 0.717) is 6.07 Å². The summed E-state index contributed by atoms with van der Waals surface area (Å²) in [4.78, 5) is 22.8. The highest BCUT2D eigenvalue weighted by molar-refractivity contribution is 6.19. The molecule has 4 nitrogen and oxygen atoms in total. The number of ether oxygens (including phenoxy) is 1. The van der Waals surface area contributed by atoms with E-state index < -0.39 is 35.0 Å². The molecule has 0 fully saturated rings. The third-order valence-corrected chi connectivity index (χ3v) is 2.86. The molecule has 7 heteroatoms. The Morgan fingerprint density at radius 3 is 2.53 bits per heavy atom. The van der Waals surface area contributed by atoms with Gasteiger partial charge in [-0.15, -0.1) is 11.6 Å². The molecule has 0 saturated carbocycles. The van der Waals surface area contributed by atoms with Crippen LogP contribution in [0.4, 0.5) is 14.5 Å². The topological polar surface area (TPSA) is 55.4 Å². The standard InChI is InChI=1S/C12H12ClF2NO3/c1-6(5-13)11(17)16-10-3-7(12(18)19-2)8(14)4-9(10)15/h3-4,6H,5H2,1-2H3,(H,16,17). The molecule has 1 amide bonds. The lowest BCUT2D eigenvalue weighted by molar-refractivity contribution is -0.118. The monoisotopic (exact) mass is 291 g/mol. The summed E-state index contributed by atoms with van der Waals surface area (Å²) in [5.74, 6) is -4.03. The van der Waals surface area contributed by atoms with Gasteiger partial charge in [-0.3, -0.25) is 4.79 Å². The Labute approximate surface area is 113 Å². The number of amides is 1. The van der Waals surface area contributed by atoms with Gasteiger partial charge in [0.2, 0.25) is 5.91 Å². The number of methoxy groups -OCH3 is 1. The fourth-order valence-electron chi connectivity index (χ4n) is 1.24. The zero-order valence-electron chi connectivity index (χ0n) is 10.3. The molecule has 0 heterocycles. The quantitative estimate of drug-likeness (QED) is 0.685. The predicted molar refractivity (Wildman–Crippen MR) is 66.2 cm³/mol. The zero-order chi connectivity index (χ0) is 14.6. The van der Waals surface area contributed by atoms with Crippen molar-refractivity contribution in [3.05, 3.63) is 29.3 Å². The molecule has 1 rings (SSSR count). The van der Waals surface area contributed by atoms with Crippen molar-refractivity contribution in [1.29, 1.82) is 0 Å². The maximum atomic E-state index is 13.5. The Hall–Kier alpha value is -1.69. The van der Waals surface area contributed by atoms with Crippen molar-refractivity contribution in [2.24, 2.45) is 5.92 Å². The maximum absolute atomic E-state index is 13.5. The summed E-state index contributed by atoms with van der Waals surface area (Å²) in [6.07, 6.45) is 0. The number of nitrogens with one attached hydrogen (secondary N) is 1. The molecule has 104 valence electrons. The van der Waals surface area contributed by atoms with Crippen LogP contribution in [0.25, 0.3) is 0 Å². The predicted octanol–water partition coefficient (Wildman–Crippen LogP) is 2.56. The lowest BCUT2D eigenvalue weighted by Gasteiger charge is -2.11. The van der Waals surface area contributed by atoms with Gasteiger partial charge in [-0.1, -0.05) is 6.92 Å². The Morgan fingerprint density at radius 2 is 2.00 bits per heavy atom. The van der Waals surface area contributed by atoms with E-state index in [-0.39, 0.29) is 11.6 Å². The van der Waals surface area contributed by atoms with Gasteiger partial charge in [-0.2, -0.15) is 0 Å². The minimum atomic E-state index is -1.06. The Balaban J connectivity index is 3.08. The first kappa shape index (κ1) is 15.4. The molecule has 1 unspecified atom stereocenters. The van der Waals surface area contributed by atoms with Gasteiger partial charge in [0.25, 0.3) is 0 Å². The first-order chi connectivity index (χ1) is 8.90. The number of benzene rings is 1. The number of alkyl halides is 1. The van der Waals surface area contributed by atoms with E-state index in [0.717, 1.165) is 13.2 Å². The van der Waals surface area contributed by atoms with Gasteiger partial charge >= 0.3 is 5.97 Å². The summed E-state index contributed by atoms with van der Waals surface area (Å²) in [6, 6.07) is 1.39. The third kappa shape index (κ3) is 3.64. The third-order valence-electron chi connectivity index (χ3n) is 2.40. The molecule has 0 aliphatic carbocycles. The first-order valence-electron chi connectivity index (χ1n) is 5.34. The summed E-state index contributed by atoms with van der Waals surface area (Å²) in [7, 11) is 1.07. The second-order valence-corrected chi connectivity index (χ2v) is 4.16. The van der Waals surface area contributed by atoms with Crippen LogP contribution >= 0.6 is 11.6 Å². The van der Waals surface area contributed by atoms with Gasteiger partial charge in [0.15, 0.2) is 0 Å². The van der Waals surface area contributed by atoms with Crippen LogP contribution in [-0.4, -0.2) is 24.9 Å². The molecule has 0 spiro atoms. The molecular formula is C12H12ClF2NO3. The minimum absolute atomic E-state index is 0.0541. The number of carbonyl (C=O) groups excluding carboxylic acids is 2. The van der Waals surface area contributed by atoms with Crippen LogP contribution in [0.2, 0.25) is 0 Å². The van der Waals surface area contributed by atoms with Gasteiger partial charge in [0, 0.05) is 17.9 Å². The SMILES string of the molecule is COC(=O)c1cc(NC(=O)C(C)CCl)c(F)cc1F. The molecule has 1 atom stereocenters. The van der Waals surface area contributed by atoms with E-state index >= 15 is 0 Å². The fraction of sp³-hybridized carbons (Fsp3) is 0.333. The van der Waals surface area contributed by atoms with E-state index in [2.05, 4.69) is 10.1 Å². The largest absolute Gasteiger partial charge is 0.465 e. The average molecular weight is 292 g/mol. The number of hydrogen-bond acceptors (Lipinski definition) is 3. The van der Waals surface area contributed by atoms with Crippen molar-refractivity contribution in [2.75, 3.05) is 18.3 Å². The minimum Gasteiger partial charge on any atom is -0.465 e. The van der Waals surface area contributed by atoms with Gasteiger partial charge in [0.05, 0.1) is 18.4 Å².